The second kappa shape index (κ2) is 6.39. The molecule has 0 heterocycles. The van der Waals surface area contributed by atoms with E-state index in [4.69, 9.17) is 5.73 Å². The molecule has 0 fully saturated rings. The van der Waals surface area contributed by atoms with E-state index in [1.54, 1.807) is 0 Å². The molecule has 0 aromatic heterocycles. The lowest BCUT2D eigenvalue weighted by Crippen LogP contribution is -2.50. The van der Waals surface area contributed by atoms with Gasteiger partial charge < -0.3 is 11.1 Å². The molecule has 17 heavy (non-hydrogen) atoms. The van der Waals surface area contributed by atoms with E-state index in [2.05, 4.69) is 33.0 Å². The standard InChI is InChI=1S/C14H30N2O/c1-9(2)11(10(3)4)8-16-13(17)12(15)14(5,6)7/h9-12H,8,15H2,1-7H3,(H,16,17). The van der Waals surface area contributed by atoms with Gasteiger partial charge in [0.05, 0.1) is 6.04 Å². The zero-order chi connectivity index (χ0) is 13.8. The molecule has 3 nitrogen and oxygen atoms in total. The number of amides is 1. The molecule has 0 aromatic rings. The van der Waals surface area contributed by atoms with Crippen molar-refractivity contribution in [2.45, 2.75) is 54.5 Å². The molecule has 0 aliphatic carbocycles. The van der Waals surface area contributed by atoms with Gasteiger partial charge in [-0.25, -0.2) is 0 Å². The number of carbonyl (C=O) groups excluding carboxylic acids is 1. The van der Waals surface area contributed by atoms with Gasteiger partial charge in [-0.05, 0) is 23.2 Å². The molecule has 0 aliphatic rings. The van der Waals surface area contributed by atoms with Crippen LogP contribution in [0.1, 0.15) is 48.5 Å². The second-order valence-corrected chi connectivity index (χ2v) is 6.74. The van der Waals surface area contributed by atoms with E-state index >= 15 is 0 Å². The zero-order valence-electron chi connectivity index (χ0n) is 12.5. The van der Waals surface area contributed by atoms with Crippen LogP contribution in [0.25, 0.3) is 0 Å². The molecular weight excluding hydrogens is 212 g/mol. The Balaban J connectivity index is 4.32. The van der Waals surface area contributed by atoms with Crippen LogP contribution in [0.2, 0.25) is 0 Å². The van der Waals surface area contributed by atoms with Gasteiger partial charge >= 0.3 is 0 Å². The van der Waals surface area contributed by atoms with E-state index in [0.717, 1.165) is 6.54 Å². The number of carbonyl (C=O) groups is 1. The molecule has 1 amide bonds. The Morgan fingerprint density at radius 3 is 1.82 bits per heavy atom. The maximum Gasteiger partial charge on any atom is 0.237 e. The summed E-state index contributed by atoms with van der Waals surface area (Å²) in [7, 11) is 0. The topological polar surface area (TPSA) is 55.1 Å². The fourth-order valence-corrected chi connectivity index (χ4v) is 1.96. The molecule has 0 bridgehead atoms. The first-order valence-corrected chi connectivity index (χ1v) is 6.60. The minimum absolute atomic E-state index is 0.0381. The van der Waals surface area contributed by atoms with Crippen LogP contribution in [-0.4, -0.2) is 18.5 Å². The molecule has 3 N–H and O–H groups in total. The lowest BCUT2D eigenvalue weighted by molar-refractivity contribution is -0.124. The molecule has 0 rings (SSSR count). The van der Waals surface area contributed by atoms with E-state index in [1.165, 1.54) is 0 Å². The molecular formula is C14H30N2O. The van der Waals surface area contributed by atoms with Crippen molar-refractivity contribution in [3.63, 3.8) is 0 Å². The number of nitrogens with two attached hydrogens (primary N) is 1. The molecule has 0 saturated carbocycles. The highest BCUT2D eigenvalue weighted by Gasteiger charge is 2.28. The fraction of sp³-hybridized carbons (Fsp3) is 0.929. The van der Waals surface area contributed by atoms with Crippen LogP contribution in [0, 0.1) is 23.2 Å². The molecule has 0 aromatic carbocycles. The van der Waals surface area contributed by atoms with Crippen LogP contribution < -0.4 is 11.1 Å². The Bertz CT molecular complexity index is 233. The van der Waals surface area contributed by atoms with Crippen molar-refractivity contribution in [2.24, 2.45) is 28.9 Å². The second-order valence-electron chi connectivity index (χ2n) is 6.74. The third kappa shape index (κ3) is 5.53. The Morgan fingerprint density at radius 2 is 1.53 bits per heavy atom. The first kappa shape index (κ1) is 16.4. The van der Waals surface area contributed by atoms with Gasteiger partial charge in [-0.15, -0.1) is 0 Å². The maximum absolute atomic E-state index is 11.9. The average Bonchev–Trinajstić information content (AvgIpc) is 2.13. The summed E-state index contributed by atoms with van der Waals surface area (Å²) in [6.07, 6.45) is 0. The van der Waals surface area contributed by atoms with Crippen LogP contribution in [0.15, 0.2) is 0 Å². The smallest absolute Gasteiger partial charge is 0.237 e. The summed E-state index contributed by atoms with van der Waals surface area (Å²) >= 11 is 0. The average molecular weight is 242 g/mol. The summed E-state index contributed by atoms with van der Waals surface area (Å²) in [6.45, 7) is 15.5. The summed E-state index contributed by atoms with van der Waals surface area (Å²) in [4.78, 5) is 11.9. The highest BCUT2D eigenvalue weighted by atomic mass is 16.2. The summed E-state index contributed by atoms with van der Waals surface area (Å²) in [5, 5.41) is 2.99. The van der Waals surface area contributed by atoms with Crippen molar-refractivity contribution < 1.29 is 4.79 Å². The van der Waals surface area contributed by atoms with Crippen LogP contribution >= 0.6 is 0 Å². The quantitative estimate of drug-likeness (QED) is 0.778. The first-order chi connectivity index (χ1) is 7.57. The zero-order valence-corrected chi connectivity index (χ0v) is 12.5. The van der Waals surface area contributed by atoms with E-state index in [9.17, 15) is 4.79 Å². The minimum Gasteiger partial charge on any atom is -0.354 e. The summed E-state index contributed by atoms with van der Waals surface area (Å²) < 4.78 is 0. The lowest BCUT2D eigenvalue weighted by Gasteiger charge is -2.29. The first-order valence-electron chi connectivity index (χ1n) is 6.60. The number of rotatable bonds is 5. The van der Waals surface area contributed by atoms with E-state index in [0.29, 0.717) is 17.8 Å². The van der Waals surface area contributed by atoms with Gasteiger partial charge in [0, 0.05) is 6.54 Å². The summed E-state index contributed by atoms with van der Waals surface area (Å²) in [5.41, 5.74) is 5.74. The van der Waals surface area contributed by atoms with Crippen LogP contribution in [-0.2, 0) is 4.79 Å². The summed E-state index contributed by atoms with van der Waals surface area (Å²) in [6, 6.07) is -0.442. The highest BCUT2D eigenvalue weighted by molar-refractivity contribution is 5.82. The van der Waals surface area contributed by atoms with Crippen molar-refractivity contribution in [1.29, 1.82) is 0 Å². The van der Waals surface area contributed by atoms with Gasteiger partial charge in [0.2, 0.25) is 5.91 Å². The minimum atomic E-state index is -0.442. The van der Waals surface area contributed by atoms with E-state index in [-0.39, 0.29) is 11.3 Å². The Kier molecular flexibility index (Phi) is 6.17. The molecule has 102 valence electrons. The number of hydrogen-bond acceptors (Lipinski definition) is 2. The summed E-state index contributed by atoms with van der Waals surface area (Å²) in [5.74, 6) is 1.61. The molecule has 0 radical (unpaired) electrons. The van der Waals surface area contributed by atoms with Crippen molar-refractivity contribution in [3.8, 4) is 0 Å². The van der Waals surface area contributed by atoms with Crippen LogP contribution in [0.3, 0.4) is 0 Å². The van der Waals surface area contributed by atoms with Gasteiger partial charge in [0.1, 0.15) is 0 Å². The largest absolute Gasteiger partial charge is 0.354 e. The van der Waals surface area contributed by atoms with Crippen LogP contribution in [0.4, 0.5) is 0 Å². The van der Waals surface area contributed by atoms with Gasteiger partial charge in [-0.2, -0.15) is 0 Å². The van der Waals surface area contributed by atoms with Crippen molar-refractivity contribution >= 4 is 5.91 Å². The molecule has 1 unspecified atom stereocenters. The maximum atomic E-state index is 11.9. The molecule has 0 spiro atoms. The lowest BCUT2D eigenvalue weighted by atomic mass is 9.84. The predicted octanol–water partition coefficient (Wildman–Crippen LogP) is 2.40. The predicted molar refractivity (Wildman–Crippen MR) is 73.6 cm³/mol. The normalized spacial score (nSPS) is 14.5. The fourth-order valence-electron chi connectivity index (χ4n) is 1.96. The SMILES string of the molecule is CC(C)C(CNC(=O)C(N)C(C)(C)C)C(C)C. The van der Waals surface area contributed by atoms with Crippen molar-refractivity contribution in [2.75, 3.05) is 6.54 Å². The van der Waals surface area contributed by atoms with Crippen molar-refractivity contribution in [1.82, 2.24) is 5.32 Å². The van der Waals surface area contributed by atoms with Gasteiger partial charge in [-0.1, -0.05) is 48.5 Å². The Morgan fingerprint density at radius 1 is 1.12 bits per heavy atom. The third-order valence-corrected chi connectivity index (χ3v) is 3.44. The molecule has 0 saturated heterocycles. The number of nitrogens with one attached hydrogen (secondary N) is 1. The van der Waals surface area contributed by atoms with Gasteiger partial charge in [0.15, 0.2) is 0 Å². The van der Waals surface area contributed by atoms with Gasteiger partial charge in [0.25, 0.3) is 0 Å². The van der Waals surface area contributed by atoms with Crippen LogP contribution in [0.5, 0.6) is 0 Å². The monoisotopic (exact) mass is 242 g/mol. The Labute approximate surface area is 107 Å². The van der Waals surface area contributed by atoms with E-state index < -0.39 is 6.04 Å². The van der Waals surface area contributed by atoms with E-state index in [1.807, 2.05) is 20.8 Å². The molecule has 3 heteroatoms. The third-order valence-electron chi connectivity index (χ3n) is 3.44. The number of hydrogen-bond donors (Lipinski definition) is 2. The molecule has 1 atom stereocenters. The molecule has 0 aliphatic heterocycles. The highest BCUT2D eigenvalue weighted by Crippen LogP contribution is 2.20. The van der Waals surface area contributed by atoms with Gasteiger partial charge in [-0.3, -0.25) is 4.79 Å². The Hall–Kier alpha value is -0.570. The van der Waals surface area contributed by atoms with Crippen molar-refractivity contribution in [3.05, 3.63) is 0 Å².